The molecular formula is C6H7ClN4. The third-order valence-corrected chi connectivity index (χ3v) is 1.34. The molecule has 5 heteroatoms. The molecule has 0 fully saturated rings. The number of aryl methyl sites for hydroxylation is 1. The van der Waals surface area contributed by atoms with E-state index in [0.717, 1.165) is 5.56 Å². The molecule has 1 heterocycles. The van der Waals surface area contributed by atoms with Gasteiger partial charge >= 0.3 is 0 Å². The molecule has 0 radical (unpaired) electrons. The standard InChI is InChI=1S/C6H7ClN4/c1-4-3-9-11-5(4)10-6(7)8-2/h3H,2H2,1H3,(H,9,11)/b10-6-. The van der Waals surface area contributed by atoms with E-state index in [1.165, 1.54) is 0 Å². The van der Waals surface area contributed by atoms with E-state index in [2.05, 4.69) is 26.9 Å². The van der Waals surface area contributed by atoms with E-state index in [-0.39, 0.29) is 5.29 Å². The van der Waals surface area contributed by atoms with E-state index < -0.39 is 0 Å². The quantitative estimate of drug-likeness (QED) is 0.389. The van der Waals surface area contributed by atoms with Gasteiger partial charge in [-0.2, -0.15) is 10.1 Å². The summed E-state index contributed by atoms with van der Waals surface area (Å²) in [5, 5.41) is 6.53. The summed E-state index contributed by atoms with van der Waals surface area (Å²) >= 11 is 5.50. The van der Waals surface area contributed by atoms with Crippen molar-refractivity contribution in [1.29, 1.82) is 0 Å². The third kappa shape index (κ3) is 1.88. The maximum absolute atomic E-state index is 5.50. The van der Waals surface area contributed by atoms with Crippen molar-refractivity contribution in [2.75, 3.05) is 0 Å². The zero-order chi connectivity index (χ0) is 8.27. The van der Waals surface area contributed by atoms with Crippen LogP contribution in [0.15, 0.2) is 16.2 Å². The van der Waals surface area contributed by atoms with Crippen molar-refractivity contribution in [2.24, 2.45) is 9.98 Å². The van der Waals surface area contributed by atoms with Gasteiger partial charge in [-0.05, 0) is 25.2 Å². The second-order valence-electron chi connectivity index (χ2n) is 1.94. The number of amidine groups is 1. The fraction of sp³-hybridized carbons (Fsp3) is 0.167. The zero-order valence-corrected chi connectivity index (χ0v) is 6.76. The maximum Gasteiger partial charge on any atom is 0.223 e. The molecule has 0 unspecified atom stereocenters. The molecule has 0 saturated carbocycles. The minimum Gasteiger partial charge on any atom is -0.261 e. The van der Waals surface area contributed by atoms with E-state index >= 15 is 0 Å². The summed E-state index contributed by atoms with van der Waals surface area (Å²) in [6, 6.07) is 0. The average molecular weight is 171 g/mol. The van der Waals surface area contributed by atoms with Crippen molar-refractivity contribution in [3.63, 3.8) is 0 Å². The van der Waals surface area contributed by atoms with E-state index in [4.69, 9.17) is 11.6 Å². The number of nitrogens with one attached hydrogen (secondary N) is 1. The Morgan fingerprint density at radius 1 is 1.82 bits per heavy atom. The third-order valence-electron chi connectivity index (χ3n) is 1.14. The van der Waals surface area contributed by atoms with Crippen molar-refractivity contribution in [1.82, 2.24) is 10.2 Å². The highest BCUT2D eigenvalue weighted by atomic mass is 35.5. The molecule has 0 aliphatic carbocycles. The van der Waals surface area contributed by atoms with Gasteiger partial charge in [0, 0.05) is 5.56 Å². The fourth-order valence-electron chi connectivity index (χ4n) is 0.580. The lowest BCUT2D eigenvalue weighted by Gasteiger charge is -1.88. The molecule has 4 nitrogen and oxygen atoms in total. The van der Waals surface area contributed by atoms with Gasteiger partial charge in [0.25, 0.3) is 0 Å². The minimum absolute atomic E-state index is 0.109. The highest BCUT2D eigenvalue weighted by molar-refractivity contribution is 6.65. The normalized spacial score (nSPS) is 11.6. The number of halogens is 1. The predicted molar refractivity (Wildman–Crippen MR) is 45.8 cm³/mol. The van der Waals surface area contributed by atoms with E-state index in [1.54, 1.807) is 6.20 Å². The molecule has 0 amide bonds. The van der Waals surface area contributed by atoms with E-state index in [0.29, 0.717) is 5.82 Å². The Balaban J connectivity index is 2.94. The first-order chi connectivity index (χ1) is 5.24. The fourth-order valence-corrected chi connectivity index (χ4v) is 0.665. The molecule has 1 N–H and O–H groups in total. The summed E-state index contributed by atoms with van der Waals surface area (Å²) < 4.78 is 0. The Kier molecular flexibility index (Phi) is 2.38. The van der Waals surface area contributed by atoms with Crippen LogP contribution in [-0.4, -0.2) is 22.2 Å². The molecule has 11 heavy (non-hydrogen) atoms. The Hall–Kier alpha value is -1.16. The van der Waals surface area contributed by atoms with Crippen molar-refractivity contribution < 1.29 is 0 Å². The number of hydrogen-bond acceptors (Lipinski definition) is 2. The first-order valence-electron chi connectivity index (χ1n) is 2.95. The number of hydrogen-bond donors (Lipinski definition) is 1. The molecule has 1 aromatic rings. The van der Waals surface area contributed by atoms with Gasteiger partial charge in [0.05, 0.1) is 6.20 Å². The van der Waals surface area contributed by atoms with Gasteiger partial charge in [-0.1, -0.05) is 0 Å². The van der Waals surface area contributed by atoms with Crippen molar-refractivity contribution in [2.45, 2.75) is 6.92 Å². The van der Waals surface area contributed by atoms with Gasteiger partial charge in [-0.3, -0.25) is 5.10 Å². The van der Waals surface area contributed by atoms with Crippen LogP contribution in [0.4, 0.5) is 5.82 Å². The summed E-state index contributed by atoms with van der Waals surface area (Å²) in [5.41, 5.74) is 0.923. The van der Waals surface area contributed by atoms with Gasteiger partial charge in [0.1, 0.15) is 0 Å². The van der Waals surface area contributed by atoms with Crippen molar-refractivity contribution in [3.8, 4) is 0 Å². The largest absolute Gasteiger partial charge is 0.261 e. The smallest absolute Gasteiger partial charge is 0.223 e. The lowest BCUT2D eigenvalue weighted by Crippen LogP contribution is -1.78. The number of aromatic amines is 1. The monoisotopic (exact) mass is 170 g/mol. The number of H-pyrrole nitrogens is 1. The van der Waals surface area contributed by atoms with Gasteiger partial charge in [0.15, 0.2) is 5.82 Å². The van der Waals surface area contributed by atoms with Crippen LogP contribution in [0.2, 0.25) is 0 Å². The minimum atomic E-state index is 0.109. The molecule has 0 atom stereocenters. The van der Waals surface area contributed by atoms with E-state index in [1.807, 2.05) is 6.92 Å². The Morgan fingerprint density at radius 3 is 3.00 bits per heavy atom. The molecule has 0 aliphatic rings. The molecule has 0 aromatic carbocycles. The molecule has 0 bridgehead atoms. The van der Waals surface area contributed by atoms with Crippen LogP contribution in [0.1, 0.15) is 5.56 Å². The van der Waals surface area contributed by atoms with Gasteiger partial charge in [0.2, 0.25) is 5.29 Å². The van der Waals surface area contributed by atoms with Crippen LogP contribution in [0, 0.1) is 6.92 Å². The predicted octanol–water partition coefficient (Wildman–Crippen LogP) is 1.65. The van der Waals surface area contributed by atoms with Gasteiger partial charge in [-0.25, -0.2) is 4.99 Å². The summed E-state index contributed by atoms with van der Waals surface area (Å²) in [7, 11) is 0. The zero-order valence-electron chi connectivity index (χ0n) is 6.00. The Labute approximate surface area is 69.0 Å². The molecule has 58 valence electrons. The van der Waals surface area contributed by atoms with Crippen molar-refractivity contribution in [3.05, 3.63) is 11.8 Å². The highest BCUT2D eigenvalue weighted by Crippen LogP contribution is 2.13. The Bertz CT molecular complexity index is 289. The van der Waals surface area contributed by atoms with E-state index in [9.17, 15) is 0 Å². The number of nitrogens with zero attached hydrogens (tertiary/aromatic N) is 3. The summed E-state index contributed by atoms with van der Waals surface area (Å²) in [4.78, 5) is 7.29. The topological polar surface area (TPSA) is 53.4 Å². The lowest BCUT2D eigenvalue weighted by atomic mass is 10.4. The summed E-state index contributed by atoms with van der Waals surface area (Å²) in [6.07, 6.45) is 1.66. The molecule has 0 aliphatic heterocycles. The second-order valence-corrected chi connectivity index (χ2v) is 2.28. The van der Waals surface area contributed by atoms with Crippen LogP contribution >= 0.6 is 11.6 Å². The molecule has 0 spiro atoms. The summed E-state index contributed by atoms with van der Waals surface area (Å²) in [5.74, 6) is 0.613. The first-order valence-corrected chi connectivity index (χ1v) is 3.32. The van der Waals surface area contributed by atoms with Crippen LogP contribution in [0.25, 0.3) is 0 Å². The van der Waals surface area contributed by atoms with Crippen LogP contribution in [0.3, 0.4) is 0 Å². The van der Waals surface area contributed by atoms with Gasteiger partial charge in [-0.15, -0.1) is 0 Å². The second kappa shape index (κ2) is 3.30. The molecule has 1 rings (SSSR count). The SMILES string of the molecule is C=N/C(Cl)=N\c1[nH]ncc1C. The maximum atomic E-state index is 5.50. The Morgan fingerprint density at radius 2 is 2.55 bits per heavy atom. The average Bonchev–Trinajstić information content (AvgIpc) is 2.37. The van der Waals surface area contributed by atoms with Crippen molar-refractivity contribution >= 4 is 29.4 Å². The molecule has 0 saturated heterocycles. The molecule has 1 aromatic heterocycles. The van der Waals surface area contributed by atoms with Crippen LogP contribution < -0.4 is 0 Å². The number of aliphatic imine (C=N–C) groups is 2. The number of aromatic nitrogens is 2. The first kappa shape index (κ1) is 7.94. The van der Waals surface area contributed by atoms with Crippen LogP contribution in [0.5, 0.6) is 0 Å². The van der Waals surface area contributed by atoms with Gasteiger partial charge < -0.3 is 0 Å². The van der Waals surface area contributed by atoms with Crippen LogP contribution in [-0.2, 0) is 0 Å². The lowest BCUT2D eigenvalue weighted by molar-refractivity contribution is 1.08. The summed E-state index contributed by atoms with van der Waals surface area (Å²) in [6.45, 7) is 5.09. The highest BCUT2D eigenvalue weighted by Gasteiger charge is 1.97. The number of rotatable bonds is 1. The molecular weight excluding hydrogens is 164 g/mol.